The second kappa shape index (κ2) is 3.43. The van der Waals surface area contributed by atoms with Gasteiger partial charge in [0.25, 0.3) is 0 Å². The van der Waals surface area contributed by atoms with Crippen LogP contribution >= 0.6 is 0 Å². The highest BCUT2D eigenvalue weighted by Gasteiger charge is 2.68. The lowest BCUT2D eigenvalue weighted by atomic mass is 10.1. The Balaban J connectivity index is 1.72. The lowest BCUT2D eigenvalue weighted by Crippen LogP contribution is -2.31. The van der Waals surface area contributed by atoms with Crippen molar-refractivity contribution >= 4 is 5.97 Å². The molecule has 0 aromatic heterocycles. The van der Waals surface area contributed by atoms with Crippen LogP contribution in [-0.4, -0.2) is 42.8 Å². The molecule has 1 aliphatic carbocycles. The molecular weight excluding hydrogens is 224 g/mol. The Morgan fingerprint density at radius 2 is 2.12 bits per heavy atom. The summed E-state index contributed by atoms with van der Waals surface area (Å²) >= 11 is 0. The van der Waals surface area contributed by atoms with E-state index >= 15 is 0 Å². The third kappa shape index (κ3) is 1.86. The van der Waals surface area contributed by atoms with Gasteiger partial charge in [-0.3, -0.25) is 4.79 Å². The first-order chi connectivity index (χ1) is 7.92. The van der Waals surface area contributed by atoms with Crippen LogP contribution in [0.15, 0.2) is 0 Å². The zero-order chi connectivity index (χ0) is 12.3. The highest BCUT2D eigenvalue weighted by molar-refractivity contribution is 5.65. The average Bonchev–Trinajstić information content (AvgIpc) is 2.85. The van der Waals surface area contributed by atoms with Gasteiger partial charge in [0, 0.05) is 12.8 Å². The highest BCUT2D eigenvalue weighted by Crippen LogP contribution is 2.54. The molecule has 0 bridgehead atoms. The van der Waals surface area contributed by atoms with Crippen molar-refractivity contribution in [2.45, 2.75) is 50.8 Å². The van der Waals surface area contributed by atoms with Gasteiger partial charge in [-0.2, -0.15) is 0 Å². The van der Waals surface area contributed by atoms with Gasteiger partial charge >= 0.3 is 5.97 Å². The SMILES string of the molecule is CC(=O)OC[C@H]1C[C@]2(CO2)[C@@H]2OC(C)(C)O[C@H]12. The Bertz CT molecular complexity index is 347. The first-order valence-electron chi connectivity index (χ1n) is 6.05. The van der Waals surface area contributed by atoms with Gasteiger partial charge in [-0.05, 0) is 20.3 Å². The maximum absolute atomic E-state index is 10.9. The number of rotatable bonds is 2. The minimum atomic E-state index is -0.566. The summed E-state index contributed by atoms with van der Waals surface area (Å²) in [6.45, 7) is 6.35. The van der Waals surface area contributed by atoms with Crippen molar-refractivity contribution in [3.05, 3.63) is 0 Å². The molecule has 1 spiro atoms. The maximum Gasteiger partial charge on any atom is 0.302 e. The molecule has 0 aromatic carbocycles. The predicted octanol–water partition coefficient (Wildman–Crippen LogP) is 0.858. The monoisotopic (exact) mass is 242 g/mol. The van der Waals surface area contributed by atoms with Gasteiger partial charge in [-0.1, -0.05) is 0 Å². The third-order valence-corrected chi connectivity index (χ3v) is 3.74. The number of hydrogen-bond donors (Lipinski definition) is 0. The fraction of sp³-hybridized carbons (Fsp3) is 0.917. The molecule has 17 heavy (non-hydrogen) atoms. The van der Waals surface area contributed by atoms with E-state index in [4.69, 9.17) is 18.9 Å². The van der Waals surface area contributed by atoms with Crippen molar-refractivity contribution in [2.24, 2.45) is 5.92 Å². The summed E-state index contributed by atoms with van der Waals surface area (Å²) in [5.41, 5.74) is -0.177. The van der Waals surface area contributed by atoms with E-state index in [1.807, 2.05) is 13.8 Å². The highest BCUT2D eigenvalue weighted by atomic mass is 16.8. The van der Waals surface area contributed by atoms with Crippen molar-refractivity contribution in [3.63, 3.8) is 0 Å². The standard InChI is InChI=1S/C12H18O5/c1-7(13)14-5-8-4-12(6-15-12)10-9(8)16-11(2,3)17-10/h8-10H,4-6H2,1-3H3/t8-,9-,10-,12+/m1/s1. The van der Waals surface area contributed by atoms with E-state index in [-0.39, 0.29) is 29.7 Å². The number of carbonyl (C=O) groups is 1. The summed E-state index contributed by atoms with van der Waals surface area (Å²) in [6, 6.07) is 0. The van der Waals surface area contributed by atoms with Crippen LogP contribution in [-0.2, 0) is 23.7 Å². The van der Waals surface area contributed by atoms with E-state index in [2.05, 4.69) is 0 Å². The normalized spacial score (nSPS) is 45.9. The molecule has 3 fully saturated rings. The first-order valence-corrected chi connectivity index (χ1v) is 6.05. The Hall–Kier alpha value is -0.650. The average molecular weight is 242 g/mol. The van der Waals surface area contributed by atoms with Crippen molar-refractivity contribution in [2.75, 3.05) is 13.2 Å². The molecule has 2 aliphatic heterocycles. The molecule has 3 rings (SSSR count). The number of ether oxygens (including phenoxy) is 4. The molecular formula is C12H18O5. The second-order valence-electron chi connectivity index (χ2n) is 5.64. The van der Waals surface area contributed by atoms with Crippen molar-refractivity contribution in [1.29, 1.82) is 0 Å². The molecule has 96 valence electrons. The van der Waals surface area contributed by atoms with E-state index < -0.39 is 5.79 Å². The molecule has 0 aromatic rings. The molecule has 0 unspecified atom stereocenters. The Labute approximate surface area is 100 Å². The predicted molar refractivity (Wildman–Crippen MR) is 57.2 cm³/mol. The molecule has 1 saturated carbocycles. The van der Waals surface area contributed by atoms with Crippen LogP contribution < -0.4 is 0 Å². The number of fused-ring (bicyclic) bond motifs is 2. The van der Waals surface area contributed by atoms with E-state index in [0.29, 0.717) is 6.61 Å². The van der Waals surface area contributed by atoms with Crippen LogP contribution in [0.2, 0.25) is 0 Å². The van der Waals surface area contributed by atoms with Gasteiger partial charge in [0.1, 0.15) is 11.7 Å². The molecule has 0 radical (unpaired) electrons. The van der Waals surface area contributed by atoms with Crippen molar-refractivity contribution < 1.29 is 23.7 Å². The minimum Gasteiger partial charge on any atom is -0.465 e. The number of epoxide rings is 1. The van der Waals surface area contributed by atoms with Crippen LogP contribution in [0, 0.1) is 5.92 Å². The fourth-order valence-corrected chi connectivity index (χ4v) is 2.97. The number of hydrogen-bond acceptors (Lipinski definition) is 5. The smallest absolute Gasteiger partial charge is 0.302 e. The van der Waals surface area contributed by atoms with Gasteiger partial charge in [0.15, 0.2) is 5.79 Å². The summed E-state index contributed by atoms with van der Waals surface area (Å²) < 4.78 is 22.4. The summed E-state index contributed by atoms with van der Waals surface area (Å²) in [5.74, 6) is -0.644. The fourth-order valence-electron chi connectivity index (χ4n) is 2.97. The Kier molecular flexibility index (Phi) is 2.31. The summed E-state index contributed by atoms with van der Waals surface area (Å²) in [5, 5.41) is 0. The van der Waals surface area contributed by atoms with Crippen LogP contribution in [0.5, 0.6) is 0 Å². The van der Waals surface area contributed by atoms with E-state index in [1.54, 1.807) is 0 Å². The topological polar surface area (TPSA) is 57.3 Å². The van der Waals surface area contributed by atoms with E-state index in [0.717, 1.165) is 13.0 Å². The second-order valence-corrected chi connectivity index (χ2v) is 5.64. The Morgan fingerprint density at radius 3 is 2.71 bits per heavy atom. The molecule has 3 aliphatic rings. The van der Waals surface area contributed by atoms with Crippen molar-refractivity contribution in [1.82, 2.24) is 0 Å². The lowest BCUT2D eigenvalue weighted by molar-refractivity contribution is -0.166. The van der Waals surface area contributed by atoms with Gasteiger partial charge < -0.3 is 18.9 Å². The van der Waals surface area contributed by atoms with E-state index in [1.165, 1.54) is 6.92 Å². The quantitative estimate of drug-likeness (QED) is 0.531. The maximum atomic E-state index is 10.9. The third-order valence-electron chi connectivity index (χ3n) is 3.74. The van der Waals surface area contributed by atoms with Gasteiger partial charge in [-0.15, -0.1) is 0 Å². The zero-order valence-electron chi connectivity index (χ0n) is 10.4. The first kappa shape index (κ1) is 11.4. The number of esters is 1. The molecule has 5 heteroatoms. The summed E-state index contributed by atoms with van der Waals surface area (Å²) in [6.07, 6.45) is 0.816. The molecule has 4 atom stereocenters. The van der Waals surface area contributed by atoms with Gasteiger partial charge in [0.2, 0.25) is 0 Å². The molecule has 0 amide bonds. The molecule has 5 nitrogen and oxygen atoms in total. The largest absolute Gasteiger partial charge is 0.465 e. The van der Waals surface area contributed by atoms with Crippen LogP contribution in [0.25, 0.3) is 0 Å². The van der Waals surface area contributed by atoms with Crippen molar-refractivity contribution in [3.8, 4) is 0 Å². The van der Waals surface area contributed by atoms with Gasteiger partial charge in [-0.25, -0.2) is 0 Å². The van der Waals surface area contributed by atoms with Crippen LogP contribution in [0.1, 0.15) is 27.2 Å². The Morgan fingerprint density at radius 1 is 1.41 bits per heavy atom. The van der Waals surface area contributed by atoms with Gasteiger partial charge in [0.05, 0.1) is 19.3 Å². The zero-order valence-corrected chi connectivity index (χ0v) is 10.4. The summed E-state index contributed by atoms with van der Waals surface area (Å²) in [4.78, 5) is 10.9. The van der Waals surface area contributed by atoms with Crippen LogP contribution in [0.4, 0.5) is 0 Å². The lowest BCUT2D eigenvalue weighted by Gasteiger charge is -2.22. The molecule has 2 heterocycles. The summed E-state index contributed by atoms with van der Waals surface area (Å²) in [7, 11) is 0. The van der Waals surface area contributed by atoms with E-state index in [9.17, 15) is 4.79 Å². The van der Waals surface area contributed by atoms with Crippen LogP contribution in [0.3, 0.4) is 0 Å². The molecule has 2 saturated heterocycles. The number of carbonyl (C=O) groups excluding carboxylic acids is 1. The minimum absolute atomic E-state index is 0.0157. The molecule has 0 N–H and O–H groups in total.